The van der Waals surface area contributed by atoms with Gasteiger partial charge < -0.3 is 9.73 Å². The second-order valence-electron chi connectivity index (χ2n) is 7.28. The molecule has 1 aromatic heterocycles. The molecule has 0 unspecified atom stereocenters. The first-order chi connectivity index (χ1) is 10.1. The van der Waals surface area contributed by atoms with Gasteiger partial charge in [0.1, 0.15) is 5.76 Å². The van der Waals surface area contributed by atoms with E-state index in [4.69, 9.17) is 4.42 Å². The molecule has 120 valence electrons. The highest BCUT2D eigenvalue weighted by Crippen LogP contribution is 2.29. The molecular formula is C18H32N2O. The largest absolute Gasteiger partial charge is 0.468 e. The summed E-state index contributed by atoms with van der Waals surface area (Å²) in [5.74, 6) is 2.58. The second kappa shape index (κ2) is 8.00. The fourth-order valence-electron chi connectivity index (χ4n) is 2.61. The normalized spacial score (nSPS) is 15.6. The number of nitrogens with zero attached hydrogens (tertiary/aromatic N) is 1. The maximum absolute atomic E-state index is 5.68. The summed E-state index contributed by atoms with van der Waals surface area (Å²) in [6.45, 7) is 13.2. The minimum atomic E-state index is 0.678. The molecule has 1 fully saturated rings. The Hall–Kier alpha value is -0.800. The Bertz CT molecular complexity index is 407. The van der Waals surface area contributed by atoms with Crippen LogP contribution in [-0.4, -0.2) is 24.0 Å². The van der Waals surface area contributed by atoms with Crippen molar-refractivity contribution < 1.29 is 4.42 Å². The van der Waals surface area contributed by atoms with Crippen LogP contribution in [0.15, 0.2) is 16.7 Å². The van der Waals surface area contributed by atoms with Gasteiger partial charge in [0.05, 0.1) is 12.8 Å². The summed E-state index contributed by atoms with van der Waals surface area (Å²) >= 11 is 0. The lowest BCUT2D eigenvalue weighted by atomic mass is 10.1. The molecule has 1 saturated carbocycles. The minimum absolute atomic E-state index is 0.678. The summed E-state index contributed by atoms with van der Waals surface area (Å²) in [4.78, 5) is 2.65. The summed E-state index contributed by atoms with van der Waals surface area (Å²) < 4.78 is 5.68. The highest BCUT2D eigenvalue weighted by Gasteiger charge is 2.29. The van der Waals surface area contributed by atoms with Crippen LogP contribution in [0.5, 0.6) is 0 Å². The molecule has 1 aliphatic carbocycles. The van der Waals surface area contributed by atoms with Crippen molar-refractivity contribution in [2.75, 3.05) is 13.1 Å². The van der Waals surface area contributed by atoms with E-state index in [1.165, 1.54) is 31.4 Å². The molecule has 1 heterocycles. The molecule has 0 aliphatic heterocycles. The molecule has 0 bridgehead atoms. The summed E-state index contributed by atoms with van der Waals surface area (Å²) in [6.07, 6.45) is 5.87. The van der Waals surface area contributed by atoms with E-state index in [-0.39, 0.29) is 0 Å². The van der Waals surface area contributed by atoms with Crippen molar-refractivity contribution in [2.24, 2.45) is 11.8 Å². The summed E-state index contributed by atoms with van der Waals surface area (Å²) in [7, 11) is 0. The zero-order valence-corrected chi connectivity index (χ0v) is 14.2. The molecule has 1 aliphatic rings. The molecule has 0 spiro atoms. The number of hydrogen-bond donors (Lipinski definition) is 1. The quantitative estimate of drug-likeness (QED) is 0.705. The van der Waals surface area contributed by atoms with E-state index in [2.05, 4.69) is 44.0 Å². The van der Waals surface area contributed by atoms with Crippen LogP contribution in [0.2, 0.25) is 0 Å². The Balaban J connectivity index is 1.86. The van der Waals surface area contributed by atoms with Gasteiger partial charge in [0.25, 0.3) is 0 Å². The maximum atomic E-state index is 5.68. The van der Waals surface area contributed by atoms with Crippen molar-refractivity contribution in [3.63, 3.8) is 0 Å². The average Bonchev–Trinajstić information content (AvgIpc) is 3.16. The molecule has 0 radical (unpaired) electrons. The Morgan fingerprint density at radius 3 is 2.62 bits per heavy atom. The van der Waals surface area contributed by atoms with Gasteiger partial charge in [0.15, 0.2) is 0 Å². The van der Waals surface area contributed by atoms with E-state index in [9.17, 15) is 0 Å². The van der Waals surface area contributed by atoms with Crippen LogP contribution < -0.4 is 5.32 Å². The van der Waals surface area contributed by atoms with Crippen molar-refractivity contribution in [2.45, 2.75) is 66.1 Å². The van der Waals surface area contributed by atoms with Gasteiger partial charge in [0.2, 0.25) is 0 Å². The van der Waals surface area contributed by atoms with Gasteiger partial charge in [-0.15, -0.1) is 0 Å². The monoisotopic (exact) mass is 292 g/mol. The predicted molar refractivity (Wildman–Crippen MR) is 88.1 cm³/mol. The predicted octanol–water partition coefficient (Wildman–Crippen LogP) is 4.04. The SMILES string of the molecule is CC(C)CCN(Cc1ccoc1CNCC(C)C)C1CC1. The Morgan fingerprint density at radius 2 is 2.00 bits per heavy atom. The molecule has 0 atom stereocenters. The first kappa shape index (κ1) is 16.6. The zero-order valence-electron chi connectivity index (χ0n) is 14.2. The molecular weight excluding hydrogens is 260 g/mol. The summed E-state index contributed by atoms with van der Waals surface area (Å²) in [5, 5.41) is 3.48. The van der Waals surface area contributed by atoms with E-state index in [0.29, 0.717) is 5.92 Å². The van der Waals surface area contributed by atoms with E-state index >= 15 is 0 Å². The zero-order chi connectivity index (χ0) is 15.2. The van der Waals surface area contributed by atoms with Crippen LogP contribution >= 0.6 is 0 Å². The van der Waals surface area contributed by atoms with Gasteiger partial charge in [0, 0.05) is 18.2 Å². The summed E-state index contributed by atoms with van der Waals surface area (Å²) in [6, 6.07) is 2.96. The van der Waals surface area contributed by atoms with Crippen LogP contribution in [0.3, 0.4) is 0 Å². The molecule has 3 nitrogen and oxygen atoms in total. The smallest absolute Gasteiger partial charge is 0.122 e. The third kappa shape index (κ3) is 5.84. The molecule has 0 amide bonds. The number of hydrogen-bond acceptors (Lipinski definition) is 3. The molecule has 2 rings (SSSR count). The lowest BCUT2D eigenvalue weighted by Gasteiger charge is -2.23. The molecule has 0 saturated heterocycles. The molecule has 3 heteroatoms. The van der Waals surface area contributed by atoms with E-state index < -0.39 is 0 Å². The lowest BCUT2D eigenvalue weighted by molar-refractivity contribution is 0.237. The first-order valence-electron chi connectivity index (χ1n) is 8.56. The van der Waals surface area contributed by atoms with Crippen molar-refractivity contribution in [3.8, 4) is 0 Å². The van der Waals surface area contributed by atoms with Gasteiger partial charge >= 0.3 is 0 Å². The standard InChI is InChI=1S/C18H32N2O/c1-14(2)7-9-20(17-5-6-17)13-16-8-10-21-18(16)12-19-11-15(3)4/h8,10,14-15,17,19H,5-7,9,11-13H2,1-4H3. The van der Waals surface area contributed by atoms with Crippen LogP contribution in [0.1, 0.15) is 58.3 Å². The van der Waals surface area contributed by atoms with Crippen LogP contribution in [0, 0.1) is 11.8 Å². The van der Waals surface area contributed by atoms with Crippen LogP contribution in [0.4, 0.5) is 0 Å². The number of rotatable bonds is 10. The summed E-state index contributed by atoms with van der Waals surface area (Å²) in [5.41, 5.74) is 1.36. The lowest BCUT2D eigenvalue weighted by Crippen LogP contribution is -2.28. The Morgan fingerprint density at radius 1 is 1.24 bits per heavy atom. The molecule has 1 aromatic rings. The van der Waals surface area contributed by atoms with E-state index in [0.717, 1.165) is 37.4 Å². The highest BCUT2D eigenvalue weighted by molar-refractivity contribution is 5.17. The minimum Gasteiger partial charge on any atom is -0.468 e. The number of nitrogens with one attached hydrogen (secondary N) is 1. The van der Waals surface area contributed by atoms with Gasteiger partial charge in [-0.2, -0.15) is 0 Å². The van der Waals surface area contributed by atoms with Crippen molar-refractivity contribution in [3.05, 3.63) is 23.7 Å². The van der Waals surface area contributed by atoms with Gasteiger partial charge in [-0.25, -0.2) is 0 Å². The van der Waals surface area contributed by atoms with Gasteiger partial charge in [-0.1, -0.05) is 27.7 Å². The Labute approximate surface area is 130 Å². The second-order valence-corrected chi connectivity index (χ2v) is 7.28. The first-order valence-corrected chi connectivity index (χ1v) is 8.56. The molecule has 21 heavy (non-hydrogen) atoms. The highest BCUT2D eigenvalue weighted by atomic mass is 16.3. The maximum Gasteiger partial charge on any atom is 0.122 e. The van der Waals surface area contributed by atoms with Crippen molar-refractivity contribution in [1.82, 2.24) is 10.2 Å². The third-order valence-electron chi connectivity index (χ3n) is 4.11. The molecule has 0 aromatic carbocycles. The number of furan rings is 1. The average molecular weight is 292 g/mol. The van der Waals surface area contributed by atoms with E-state index in [1.807, 2.05) is 6.26 Å². The third-order valence-corrected chi connectivity index (χ3v) is 4.11. The van der Waals surface area contributed by atoms with Crippen LogP contribution in [-0.2, 0) is 13.1 Å². The van der Waals surface area contributed by atoms with Crippen molar-refractivity contribution in [1.29, 1.82) is 0 Å². The van der Waals surface area contributed by atoms with Gasteiger partial charge in [-0.3, -0.25) is 4.90 Å². The topological polar surface area (TPSA) is 28.4 Å². The van der Waals surface area contributed by atoms with Gasteiger partial charge in [-0.05, 0) is 50.3 Å². The fourth-order valence-corrected chi connectivity index (χ4v) is 2.61. The fraction of sp³-hybridized carbons (Fsp3) is 0.778. The van der Waals surface area contributed by atoms with E-state index in [1.54, 1.807) is 0 Å². The van der Waals surface area contributed by atoms with Crippen molar-refractivity contribution >= 4 is 0 Å². The molecule has 1 N–H and O–H groups in total. The Kier molecular flexibility index (Phi) is 6.31. The van der Waals surface area contributed by atoms with Crippen LogP contribution in [0.25, 0.3) is 0 Å².